The van der Waals surface area contributed by atoms with Gasteiger partial charge in [-0.05, 0) is 35.4 Å². The van der Waals surface area contributed by atoms with E-state index in [4.69, 9.17) is 16.3 Å². The molecule has 5 nitrogen and oxygen atoms in total. The van der Waals surface area contributed by atoms with Crippen LogP contribution in [0.4, 0.5) is 0 Å². The number of halogens is 1. The van der Waals surface area contributed by atoms with Gasteiger partial charge in [-0.1, -0.05) is 60.1 Å². The van der Waals surface area contributed by atoms with E-state index >= 15 is 0 Å². The maximum atomic E-state index is 11.9. The summed E-state index contributed by atoms with van der Waals surface area (Å²) < 4.78 is 5.98. The Kier molecular flexibility index (Phi) is 6.55. The van der Waals surface area contributed by atoms with Crippen LogP contribution in [0, 0.1) is 0 Å². The van der Waals surface area contributed by atoms with Crippen molar-refractivity contribution in [3.63, 3.8) is 0 Å². The van der Waals surface area contributed by atoms with Gasteiger partial charge in [0.25, 0.3) is 0 Å². The first-order chi connectivity index (χ1) is 15.1. The second-order valence-electron chi connectivity index (χ2n) is 7.36. The van der Waals surface area contributed by atoms with Gasteiger partial charge in [0.2, 0.25) is 0 Å². The zero-order valence-electron chi connectivity index (χ0n) is 16.8. The maximum Gasteiger partial charge on any atom is 0.321 e. The molecule has 3 aromatic carbocycles. The van der Waals surface area contributed by atoms with Crippen molar-refractivity contribution in [2.75, 3.05) is 0 Å². The van der Waals surface area contributed by atoms with Gasteiger partial charge < -0.3 is 14.8 Å². The fraction of sp³-hybridized carbons (Fsp3) is 0.160. The lowest BCUT2D eigenvalue weighted by molar-refractivity contribution is -0.139. The molecule has 3 N–H and O–H groups in total. The van der Waals surface area contributed by atoms with Crippen molar-refractivity contribution in [3.8, 4) is 5.75 Å². The summed E-state index contributed by atoms with van der Waals surface area (Å²) in [6, 6.07) is 22.3. The number of aliphatic carboxylic acids is 1. The van der Waals surface area contributed by atoms with E-state index in [9.17, 15) is 9.90 Å². The van der Waals surface area contributed by atoms with Crippen molar-refractivity contribution in [1.82, 2.24) is 10.3 Å². The molecule has 0 fully saturated rings. The Morgan fingerprint density at radius 1 is 1.00 bits per heavy atom. The summed E-state index contributed by atoms with van der Waals surface area (Å²) in [6.07, 6.45) is 2.26. The number of fused-ring (bicyclic) bond motifs is 1. The minimum Gasteiger partial charge on any atom is -0.489 e. The third-order valence-corrected chi connectivity index (χ3v) is 5.47. The largest absolute Gasteiger partial charge is 0.489 e. The number of hydrogen-bond acceptors (Lipinski definition) is 3. The molecule has 4 aromatic rings. The second-order valence-corrected chi connectivity index (χ2v) is 7.79. The third-order valence-electron chi connectivity index (χ3n) is 5.22. The Hall–Kier alpha value is -3.28. The summed E-state index contributed by atoms with van der Waals surface area (Å²) in [4.78, 5) is 15.1. The molecule has 0 saturated carbocycles. The van der Waals surface area contributed by atoms with Gasteiger partial charge in [0.1, 0.15) is 18.4 Å². The number of aromatic amines is 1. The lowest BCUT2D eigenvalue weighted by atomic mass is 10.0. The van der Waals surface area contributed by atoms with E-state index in [1.54, 1.807) is 0 Å². The second kappa shape index (κ2) is 9.69. The van der Waals surface area contributed by atoms with E-state index in [0.717, 1.165) is 33.3 Å². The highest BCUT2D eigenvalue weighted by Gasteiger charge is 2.20. The molecule has 0 bridgehead atoms. The van der Waals surface area contributed by atoms with Crippen LogP contribution in [0.1, 0.15) is 16.7 Å². The molecule has 0 aliphatic heterocycles. The van der Waals surface area contributed by atoms with Crippen molar-refractivity contribution in [1.29, 1.82) is 0 Å². The fourth-order valence-corrected chi connectivity index (χ4v) is 3.66. The summed E-state index contributed by atoms with van der Waals surface area (Å²) >= 11 is 5.93. The van der Waals surface area contributed by atoms with Gasteiger partial charge in [-0.2, -0.15) is 0 Å². The van der Waals surface area contributed by atoms with Crippen molar-refractivity contribution in [3.05, 3.63) is 101 Å². The Balaban J connectivity index is 1.43. The quantitative estimate of drug-likeness (QED) is 0.339. The molecule has 0 aliphatic rings. The molecule has 0 radical (unpaired) electrons. The van der Waals surface area contributed by atoms with Crippen LogP contribution in [0.15, 0.2) is 79.0 Å². The number of rotatable bonds is 9. The van der Waals surface area contributed by atoms with Crippen LogP contribution in [0.2, 0.25) is 5.02 Å². The van der Waals surface area contributed by atoms with Crippen molar-refractivity contribution in [2.45, 2.75) is 25.6 Å². The average molecular weight is 435 g/mol. The molecule has 0 saturated heterocycles. The molecule has 6 heteroatoms. The van der Waals surface area contributed by atoms with Crippen molar-refractivity contribution < 1.29 is 14.6 Å². The molecule has 0 aliphatic carbocycles. The Morgan fingerprint density at radius 3 is 2.55 bits per heavy atom. The van der Waals surface area contributed by atoms with Crippen LogP contribution in [0.3, 0.4) is 0 Å². The number of H-pyrrole nitrogens is 1. The van der Waals surface area contributed by atoms with E-state index in [1.807, 2.05) is 79.0 Å². The molecule has 31 heavy (non-hydrogen) atoms. The highest BCUT2D eigenvalue weighted by atomic mass is 35.5. The smallest absolute Gasteiger partial charge is 0.321 e. The summed E-state index contributed by atoms with van der Waals surface area (Å²) in [5.41, 5.74) is 3.89. The van der Waals surface area contributed by atoms with Gasteiger partial charge in [0.05, 0.1) is 0 Å². The molecule has 1 unspecified atom stereocenters. The Labute approximate surface area is 185 Å². The normalized spacial score (nSPS) is 12.0. The number of hydrogen-bond donors (Lipinski definition) is 3. The van der Waals surface area contributed by atoms with Gasteiger partial charge in [0, 0.05) is 40.7 Å². The number of benzene rings is 3. The molecule has 1 aromatic heterocycles. The van der Waals surface area contributed by atoms with Crippen LogP contribution >= 0.6 is 11.6 Å². The lowest BCUT2D eigenvalue weighted by Gasteiger charge is -2.16. The first-order valence-corrected chi connectivity index (χ1v) is 10.4. The molecular formula is C25H23ClN2O3. The zero-order valence-corrected chi connectivity index (χ0v) is 17.6. The topological polar surface area (TPSA) is 74.3 Å². The lowest BCUT2D eigenvalue weighted by Crippen LogP contribution is -2.38. The van der Waals surface area contributed by atoms with E-state index in [1.165, 1.54) is 0 Å². The predicted molar refractivity (Wildman–Crippen MR) is 122 cm³/mol. The van der Waals surface area contributed by atoms with Crippen LogP contribution in [0.5, 0.6) is 5.75 Å². The van der Waals surface area contributed by atoms with Gasteiger partial charge in [0.15, 0.2) is 0 Å². The fourth-order valence-electron chi connectivity index (χ4n) is 3.53. The molecule has 0 amide bonds. The van der Waals surface area contributed by atoms with Gasteiger partial charge in [-0.25, -0.2) is 0 Å². The Morgan fingerprint density at radius 2 is 1.74 bits per heavy atom. The average Bonchev–Trinajstić information content (AvgIpc) is 3.19. The third kappa shape index (κ3) is 5.26. The SMILES string of the molecule is O=C(O)C(Cc1c[nH]c2ccccc12)NCc1ccccc1OCc1ccc(Cl)cc1. The molecule has 1 heterocycles. The van der Waals surface area contributed by atoms with Crippen molar-refractivity contribution in [2.24, 2.45) is 0 Å². The number of nitrogens with one attached hydrogen (secondary N) is 2. The molecule has 0 spiro atoms. The van der Waals surface area contributed by atoms with E-state index in [0.29, 0.717) is 24.6 Å². The van der Waals surface area contributed by atoms with Crippen LogP contribution in [0.25, 0.3) is 10.9 Å². The monoisotopic (exact) mass is 434 g/mol. The van der Waals surface area contributed by atoms with Crippen molar-refractivity contribution >= 4 is 28.5 Å². The number of aromatic nitrogens is 1. The first-order valence-electron chi connectivity index (χ1n) is 10.1. The number of carbonyl (C=O) groups is 1. The summed E-state index contributed by atoms with van der Waals surface area (Å²) in [6.45, 7) is 0.794. The van der Waals surface area contributed by atoms with E-state index < -0.39 is 12.0 Å². The zero-order chi connectivity index (χ0) is 21.6. The highest BCUT2D eigenvalue weighted by molar-refractivity contribution is 6.30. The van der Waals surface area contributed by atoms with Gasteiger partial charge in [-0.3, -0.25) is 10.1 Å². The highest BCUT2D eigenvalue weighted by Crippen LogP contribution is 2.22. The summed E-state index contributed by atoms with van der Waals surface area (Å²) in [5.74, 6) is -0.161. The minimum absolute atomic E-state index is 0.382. The molecular weight excluding hydrogens is 412 g/mol. The molecule has 158 valence electrons. The molecule has 4 rings (SSSR count). The maximum absolute atomic E-state index is 11.9. The number of ether oxygens (including phenoxy) is 1. The Bertz CT molecular complexity index is 1170. The molecule has 1 atom stereocenters. The number of carboxylic acids is 1. The van der Waals surface area contributed by atoms with Crippen LogP contribution in [-0.2, 0) is 24.4 Å². The minimum atomic E-state index is -0.884. The van der Waals surface area contributed by atoms with E-state index in [2.05, 4.69) is 10.3 Å². The predicted octanol–water partition coefficient (Wildman–Crippen LogP) is 5.19. The first kappa shape index (κ1) is 21.0. The summed E-state index contributed by atoms with van der Waals surface area (Å²) in [5, 5.41) is 14.7. The number of carboxylic acid groups (broad SMARTS) is 1. The van der Waals surface area contributed by atoms with Crippen LogP contribution < -0.4 is 10.1 Å². The van der Waals surface area contributed by atoms with Crippen LogP contribution in [-0.4, -0.2) is 22.1 Å². The van der Waals surface area contributed by atoms with E-state index in [-0.39, 0.29) is 0 Å². The van der Waals surface area contributed by atoms with Gasteiger partial charge >= 0.3 is 5.97 Å². The van der Waals surface area contributed by atoms with Gasteiger partial charge in [-0.15, -0.1) is 0 Å². The number of para-hydroxylation sites is 2. The summed E-state index contributed by atoms with van der Waals surface area (Å²) in [7, 11) is 0. The standard InChI is InChI=1S/C25H23ClN2O3/c26-20-11-9-17(10-12-20)16-31-24-8-4-1-5-18(24)14-28-23(25(29)30)13-19-15-27-22-7-3-2-6-21(19)22/h1-12,15,23,27-28H,13-14,16H2,(H,29,30).